The van der Waals surface area contributed by atoms with Crippen molar-refractivity contribution in [2.75, 3.05) is 20.7 Å². The summed E-state index contributed by atoms with van der Waals surface area (Å²) in [6.45, 7) is 5.62. The fourth-order valence-electron chi connectivity index (χ4n) is 2.43. The van der Waals surface area contributed by atoms with Gasteiger partial charge in [0.1, 0.15) is 5.75 Å². The van der Waals surface area contributed by atoms with E-state index >= 15 is 0 Å². The van der Waals surface area contributed by atoms with Crippen LogP contribution in [0.4, 0.5) is 0 Å². The largest absolute Gasteiger partial charge is 0.497 e. The molecule has 2 atom stereocenters. The lowest BCUT2D eigenvalue weighted by Gasteiger charge is -2.24. The Morgan fingerprint density at radius 3 is 2.71 bits per heavy atom. The molecule has 1 rings (SSSR count). The maximum absolute atomic E-state index is 5.31. The molecule has 0 saturated carbocycles. The van der Waals surface area contributed by atoms with Crippen LogP contribution in [0.2, 0.25) is 0 Å². The first-order valence-corrected chi connectivity index (χ1v) is 6.51. The molecule has 96 valence electrons. The molecule has 1 N–H and O–H groups in total. The first kappa shape index (κ1) is 14.0. The highest BCUT2D eigenvalue weighted by Gasteiger charge is 2.18. The van der Waals surface area contributed by atoms with E-state index in [0.717, 1.165) is 12.3 Å². The lowest BCUT2D eigenvalue weighted by atomic mass is 9.84. The maximum Gasteiger partial charge on any atom is 0.119 e. The number of ether oxygens (including phenoxy) is 1. The third kappa shape index (κ3) is 4.04. The van der Waals surface area contributed by atoms with Crippen LogP contribution in [0.25, 0.3) is 0 Å². The monoisotopic (exact) mass is 235 g/mol. The zero-order valence-electron chi connectivity index (χ0n) is 11.5. The van der Waals surface area contributed by atoms with Crippen LogP contribution in [0.1, 0.15) is 38.2 Å². The van der Waals surface area contributed by atoms with Gasteiger partial charge in [-0.25, -0.2) is 0 Å². The molecule has 0 aliphatic heterocycles. The van der Waals surface area contributed by atoms with Crippen LogP contribution in [0.15, 0.2) is 24.3 Å². The van der Waals surface area contributed by atoms with Gasteiger partial charge < -0.3 is 10.1 Å². The summed E-state index contributed by atoms with van der Waals surface area (Å²) in [5.74, 6) is 2.22. The predicted molar refractivity (Wildman–Crippen MR) is 73.7 cm³/mol. The van der Waals surface area contributed by atoms with Crippen molar-refractivity contribution in [1.82, 2.24) is 5.32 Å². The van der Waals surface area contributed by atoms with Gasteiger partial charge in [-0.2, -0.15) is 0 Å². The molecule has 0 bridgehead atoms. The van der Waals surface area contributed by atoms with E-state index in [-0.39, 0.29) is 0 Å². The second-order valence-electron chi connectivity index (χ2n) is 4.71. The van der Waals surface area contributed by atoms with E-state index in [2.05, 4.69) is 37.4 Å². The van der Waals surface area contributed by atoms with Crippen molar-refractivity contribution in [3.05, 3.63) is 29.8 Å². The van der Waals surface area contributed by atoms with Crippen LogP contribution in [-0.4, -0.2) is 20.7 Å². The fraction of sp³-hybridized carbons (Fsp3) is 0.600. The number of hydrogen-bond acceptors (Lipinski definition) is 2. The average molecular weight is 235 g/mol. The zero-order valence-corrected chi connectivity index (χ0v) is 11.5. The molecule has 0 fully saturated rings. The number of methoxy groups -OCH3 is 1. The maximum atomic E-state index is 5.31. The summed E-state index contributed by atoms with van der Waals surface area (Å²) < 4.78 is 5.31. The van der Waals surface area contributed by atoms with E-state index in [9.17, 15) is 0 Å². The molecule has 0 aromatic heterocycles. The molecule has 2 heteroatoms. The van der Waals surface area contributed by atoms with Gasteiger partial charge in [-0.15, -0.1) is 0 Å². The van der Waals surface area contributed by atoms with Gasteiger partial charge >= 0.3 is 0 Å². The zero-order chi connectivity index (χ0) is 12.7. The van der Waals surface area contributed by atoms with E-state index in [4.69, 9.17) is 4.74 Å². The van der Waals surface area contributed by atoms with Gasteiger partial charge in [-0.05, 0) is 49.5 Å². The van der Waals surface area contributed by atoms with Crippen LogP contribution in [0, 0.1) is 5.92 Å². The van der Waals surface area contributed by atoms with Crippen molar-refractivity contribution < 1.29 is 4.74 Å². The van der Waals surface area contributed by atoms with Gasteiger partial charge in [-0.1, -0.05) is 32.4 Å². The molecule has 1 aromatic carbocycles. The second kappa shape index (κ2) is 7.33. The second-order valence-corrected chi connectivity index (χ2v) is 4.71. The molecule has 0 amide bonds. The van der Waals surface area contributed by atoms with E-state index in [1.165, 1.54) is 18.4 Å². The summed E-state index contributed by atoms with van der Waals surface area (Å²) in [7, 11) is 3.75. The van der Waals surface area contributed by atoms with Crippen LogP contribution >= 0.6 is 0 Å². The minimum absolute atomic E-state index is 0.613. The Morgan fingerprint density at radius 2 is 2.12 bits per heavy atom. The minimum atomic E-state index is 0.613. The third-order valence-electron chi connectivity index (χ3n) is 3.33. The standard InChI is InChI=1S/C15H25NO/c1-5-7-15(12(2)11-16-3)13-8-6-9-14(10-13)17-4/h6,8-10,12,15-16H,5,7,11H2,1-4H3/t12-,15+/m0/s1. The lowest BCUT2D eigenvalue weighted by Crippen LogP contribution is -2.22. The Balaban J connectivity index is 2.87. The SMILES string of the molecule is CCC[C@@H](c1cccc(OC)c1)[C@@H](C)CNC. The van der Waals surface area contributed by atoms with Crippen LogP contribution in [-0.2, 0) is 0 Å². The summed E-state index contributed by atoms with van der Waals surface area (Å²) in [6.07, 6.45) is 2.45. The molecular weight excluding hydrogens is 210 g/mol. The van der Waals surface area contributed by atoms with Gasteiger partial charge in [0.15, 0.2) is 0 Å². The molecule has 0 spiro atoms. The molecule has 0 saturated heterocycles. The van der Waals surface area contributed by atoms with Gasteiger partial charge in [0.25, 0.3) is 0 Å². The average Bonchev–Trinajstić information content (AvgIpc) is 2.36. The minimum Gasteiger partial charge on any atom is -0.497 e. The number of nitrogens with one attached hydrogen (secondary N) is 1. The van der Waals surface area contributed by atoms with Crippen LogP contribution in [0.3, 0.4) is 0 Å². The van der Waals surface area contributed by atoms with Crippen LogP contribution in [0.5, 0.6) is 5.75 Å². The van der Waals surface area contributed by atoms with Crippen molar-refractivity contribution in [2.24, 2.45) is 5.92 Å². The highest BCUT2D eigenvalue weighted by molar-refractivity contribution is 5.31. The molecule has 1 aromatic rings. The highest BCUT2D eigenvalue weighted by atomic mass is 16.5. The molecule has 2 nitrogen and oxygen atoms in total. The van der Waals surface area contributed by atoms with E-state index in [1.54, 1.807) is 7.11 Å². The van der Waals surface area contributed by atoms with Crippen LogP contribution < -0.4 is 10.1 Å². The Kier molecular flexibility index (Phi) is 6.06. The summed E-state index contributed by atoms with van der Waals surface area (Å²) in [5, 5.41) is 3.27. The summed E-state index contributed by atoms with van der Waals surface area (Å²) >= 11 is 0. The smallest absolute Gasteiger partial charge is 0.119 e. The molecule has 0 radical (unpaired) electrons. The molecule has 0 aliphatic rings. The summed E-state index contributed by atoms with van der Waals surface area (Å²) in [4.78, 5) is 0. The number of benzene rings is 1. The summed E-state index contributed by atoms with van der Waals surface area (Å²) in [5.41, 5.74) is 1.40. The Hall–Kier alpha value is -1.02. The van der Waals surface area contributed by atoms with Crippen molar-refractivity contribution >= 4 is 0 Å². The Labute approximate surface area is 105 Å². The van der Waals surface area contributed by atoms with E-state index in [1.807, 2.05) is 13.1 Å². The van der Waals surface area contributed by atoms with Gasteiger partial charge in [0, 0.05) is 0 Å². The first-order valence-electron chi connectivity index (χ1n) is 6.51. The highest BCUT2D eigenvalue weighted by Crippen LogP contribution is 2.31. The van der Waals surface area contributed by atoms with Crippen molar-refractivity contribution in [3.8, 4) is 5.75 Å². The van der Waals surface area contributed by atoms with Crippen molar-refractivity contribution in [2.45, 2.75) is 32.6 Å². The molecule has 0 aliphatic carbocycles. The lowest BCUT2D eigenvalue weighted by molar-refractivity contribution is 0.402. The first-order chi connectivity index (χ1) is 8.22. The van der Waals surface area contributed by atoms with Gasteiger partial charge in [0.2, 0.25) is 0 Å². The molecule has 17 heavy (non-hydrogen) atoms. The molecular formula is C15H25NO. The molecule has 0 heterocycles. The van der Waals surface area contributed by atoms with E-state index in [0.29, 0.717) is 11.8 Å². The topological polar surface area (TPSA) is 21.3 Å². The Morgan fingerprint density at radius 1 is 1.35 bits per heavy atom. The van der Waals surface area contributed by atoms with Crippen molar-refractivity contribution in [1.29, 1.82) is 0 Å². The molecule has 0 unspecified atom stereocenters. The summed E-state index contributed by atoms with van der Waals surface area (Å²) in [6, 6.07) is 8.49. The van der Waals surface area contributed by atoms with Gasteiger partial charge in [-0.3, -0.25) is 0 Å². The number of rotatable bonds is 7. The normalized spacial score (nSPS) is 14.4. The quantitative estimate of drug-likeness (QED) is 0.781. The Bertz CT molecular complexity index is 324. The predicted octanol–water partition coefficient (Wildman–Crippen LogP) is 3.43. The fourth-order valence-corrected chi connectivity index (χ4v) is 2.43. The van der Waals surface area contributed by atoms with Gasteiger partial charge in [0.05, 0.1) is 7.11 Å². The third-order valence-corrected chi connectivity index (χ3v) is 3.33. The van der Waals surface area contributed by atoms with Crippen molar-refractivity contribution in [3.63, 3.8) is 0 Å². The number of hydrogen-bond donors (Lipinski definition) is 1. The van der Waals surface area contributed by atoms with E-state index < -0.39 is 0 Å².